The van der Waals surface area contributed by atoms with E-state index in [2.05, 4.69) is 205 Å². The van der Waals surface area contributed by atoms with Crippen molar-refractivity contribution in [2.45, 2.75) is 0 Å². The van der Waals surface area contributed by atoms with E-state index < -0.39 is 0 Å². The number of hydrogen-bond acceptors (Lipinski definition) is 3. The third-order valence-electron chi connectivity index (χ3n) is 11.1. The van der Waals surface area contributed by atoms with Gasteiger partial charge in [0.25, 0.3) is 0 Å². The zero-order valence-corrected chi connectivity index (χ0v) is 31.8. The number of rotatable bonds is 7. The fraction of sp³-hybridized carbons (Fsp3) is 0. The lowest BCUT2D eigenvalue weighted by Gasteiger charge is -2.29. The van der Waals surface area contributed by atoms with Gasteiger partial charge in [-0.05, 0) is 75.8 Å². The molecule has 2 heterocycles. The first-order valence-electron chi connectivity index (χ1n) is 19.3. The summed E-state index contributed by atoms with van der Waals surface area (Å²) in [4.78, 5) is 2.46. The monoisotopic (exact) mass is 745 g/mol. The average Bonchev–Trinajstić information content (AvgIpc) is 3.87. The van der Waals surface area contributed by atoms with Crippen LogP contribution in [-0.4, -0.2) is 0 Å². The average molecular weight is 746 g/mol. The first-order valence-corrected chi connectivity index (χ1v) is 20.2. The molecule has 0 aliphatic carbocycles. The van der Waals surface area contributed by atoms with Gasteiger partial charge < -0.3 is 9.32 Å². The Morgan fingerprint density at radius 2 is 0.860 bits per heavy atom. The van der Waals surface area contributed by atoms with E-state index in [4.69, 9.17) is 4.42 Å². The molecule has 9 aromatic carbocycles. The molecule has 2 nitrogen and oxygen atoms in total. The van der Waals surface area contributed by atoms with Crippen molar-refractivity contribution in [1.82, 2.24) is 0 Å². The second kappa shape index (κ2) is 13.8. The second-order valence-corrected chi connectivity index (χ2v) is 15.5. The van der Waals surface area contributed by atoms with E-state index in [1.165, 1.54) is 48.0 Å². The van der Waals surface area contributed by atoms with Gasteiger partial charge in [-0.3, -0.25) is 0 Å². The van der Waals surface area contributed by atoms with Gasteiger partial charge in [-0.1, -0.05) is 170 Å². The summed E-state index contributed by atoms with van der Waals surface area (Å²) in [6.07, 6.45) is 0. The molecule has 0 radical (unpaired) electrons. The molecule has 0 amide bonds. The Labute approximate surface area is 335 Å². The summed E-state index contributed by atoms with van der Waals surface area (Å²) >= 11 is 1.85. The number of nitrogens with zero attached hydrogens (tertiary/aromatic N) is 1. The summed E-state index contributed by atoms with van der Waals surface area (Å²) in [5, 5.41) is 4.79. The van der Waals surface area contributed by atoms with Crippen LogP contribution in [0, 0.1) is 0 Å². The van der Waals surface area contributed by atoms with Crippen molar-refractivity contribution in [3.63, 3.8) is 0 Å². The Morgan fingerprint density at radius 1 is 0.333 bits per heavy atom. The molecular formula is C54H35NOS. The van der Waals surface area contributed by atoms with Crippen LogP contribution < -0.4 is 4.90 Å². The molecular weight excluding hydrogens is 711 g/mol. The fourth-order valence-electron chi connectivity index (χ4n) is 8.55. The maximum absolute atomic E-state index is 6.47. The van der Waals surface area contributed by atoms with Crippen molar-refractivity contribution in [1.29, 1.82) is 0 Å². The van der Waals surface area contributed by atoms with Crippen molar-refractivity contribution >= 4 is 70.5 Å². The number of furan rings is 1. The molecule has 11 rings (SSSR count). The van der Waals surface area contributed by atoms with E-state index in [1.807, 2.05) is 23.5 Å². The third kappa shape index (κ3) is 5.63. The molecule has 2 aromatic heterocycles. The third-order valence-corrected chi connectivity index (χ3v) is 12.3. The summed E-state index contributed by atoms with van der Waals surface area (Å²) in [7, 11) is 0. The summed E-state index contributed by atoms with van der Waals surface area (Å²) in [6, 6.07) is 76.4. The molecule has 57 heavy (non-hydrogen) atoms. The SMILES string of the molecule is c1ccc(-c2ccccc2-c2ccccc2-c2ccccc2N(c2ccc(-c3cccc4c3oc3ccccc34)cc2)c2cccc3sc4ccccc4c23)cc1. The minimum atomic E-state index is 0.905. The van der Waals surface area contributed by atoms with E-state index >= 15 is 0 Å². The second-order valence-electron chi connectivity index (χ2n) is 14.4. The number of benzene rings is 9. The van der Waals surface area contributed by atoms with E-state index in [-0.39, 0.29) is 0 Å². The van der Waals surface area contributed by atoms with Crippen LogP contribution in [0.15, 0.2) is 217 Å². The number of thiophene rings is 1. The topological polar surface area (TPSA) is 16.4 Å². The van der Waals surface area contributed by atoms with Gasteiger partial charge in [0.15, 0.2) is 0 Å². The normalized spacial score (nSPS) is 11.5. The molecule has 0 saturated carbocycles. The lowest BCUT2D eigenvalue weighted by atomic mass is 9.88. The van der Waals surface area contributed by atoms with Crippen LogP contribution in [0.4, 0.5) is 17.1 Å². The molecule has 0 atom stereocenters. The first-order chi connectivity index (χ1) is 28.3. The Bertz CT molecular complexity index is 3250. The minimum absolute atomic E-state index is 0.905. The number of anilines is 3. The Balaban J connectivity index is 1.12. The van der Waals surface area contributed by atoms with Crippen molar-refractivity contribution in [2.75, 3.05) is 4.90 Å². The Kier molecular flexibility index (Phi) is 8.04. The van der Waals surface area contributed by atoms with Crippen LogP contribution in [0.25, 0.3) is 86.6 Å². The highest BCUT2D eigenvalue weighted by Crippen LogP contribution is 2.49. The molecule has 0 fully saturated rings. The van der Waals surface area contributed by atoms with Crippen LogP contribution in [0.2, 0.25) is 0 Å². The highest BCUT2D eigenvalue weighted by atomic mass is 32.1. The van der Waals surface area contributed by atoms with Gasteiger partial charge in [-0.15, -0.1) is 11.3 Å². The molecule has 268 valence electrons. The molecule has 0 aliphatic rings. The van der Waals surface area contributed by atoms with Crippen LogP contribution >= 0.6 is 11.3 Å². The predicted octanol–water partition coefficient (Wildman–Crippen LogP) is 16.1. The number of hydrogen-bond donors (Lipinski definition) is 0. The van der Waals surface area contributed by atoms with Gasteiger partial charge in [-0.2, -0.15) is 0 Å². The van der Waals surface area contributed by atoms with Crippen LogP contribution in [0.5, 0.6) is 0 Å². The summed E-state index contributed by atoms with van der Waals surface area (Å²) in [6.45, 7) is 0. The van der Waals surface area contributed by atoms with Crippen LogP contribution in [0.3, 0.4) is 0 Å². The van der Waals surface area contributed by atoms with Gasteiger partial charge in [0.1, 0.15) is 11.2 Å². The summed E-state index contributed by atoms with van der Waals surface area (Å²) < 4.78 is 9.02. The first kappa shape index (κ1) is 33.2. The zero-order chi connectivity index (χ0) is 37.7. The lowest BCUT2D eigenvalue weighted by Crippen LogP contribution is -2.11. The van der Waals surface area contributed by atoms with E-state index in [1.54, 1.807) is 0 Å². The molecule has 0 spiro atoms. The highest BCUT2D eigenvalue weighted by Gasteiger charge is 2.23. The Morgan fingerprint density at radius 3 is 1.67 bits per heavy atom. The molecule has 0 aliphatic heterocycles. The molecule has 0 bridgehead atoms. The van der Waals surface area contributed by atoms with Crippen LogP contribution in [-0.2, 0) is 0 Å². The zero-order valence-electron chi connectivity index (χ0n) is 31.0. The smallest absolute Gasteiger partial charge is 0.143 e. The maximum atomic E-state index is 6.47. The summed E-state index contributed by atoms with van der Waals surface area (Å²) in [5.74, 6) is 0. The fourth-order valence-corrected chi connectivity index (χ4v) is 9.68. The molecule has 0 saturated heterocycles. The van der Waals surface area contributed by atoms with Gasteiger partial charge >= 0.3 is 0 Å². The van der Waals surface area contributed by atoms with Crippen molar-refractivity contribution in [3.8, 4) is 44.5 Å². The molecule has 3 heteroatoms. The number of fused-ring (bicyclic) bond motifs is 6. The molecule has 11 aromatic rings. The van der Waals surface area contributed by atoms with Crippen molar-refractivity contribution in [3.05, 3.63) is 212 Å². The molecule has 0 N–H and O–H groups in total. The van der Waals surface area contributed by atoms with E-state index in [9.17, 15) is 0 Å². The van der Waals surface area contributed by atoms with Gasteiger partial charge in [0, 0.05) is 47.8 Å². The quantitative estimate of drug-likeness (QED) is 0.162. The number of para-hydroxylation sites is 3. The van der Waals surface area contributed by atoms with E-state index in [0.717, 1.165) is 55.7 Å². The maximum Gasteiger partial charge on any atom is 0.143 e. The van der Waals surface area contributed by atoms with Crippen LogP contribution in [0.1, 0.15) is 0 Å². The largest absolute Gasteiger partial charge is 0.455 e. The minimum Gasteiger partial charge on any atom is -0.455 e. The van der Waals surface area contributed by atoms with E-state index in [0.29, 0.717) is 0 Å². The summed E-state index contributed by atoms with van der Waals surface area (Å²) in [5.41, 5.74) is 14.5. The molecule has 0 unspecified atom stereocenters. The standard InChI is InChI=1S/C54H35NOS/c1-2-16-36(17-3-1)39-18-4-5-19-41(39)42-20-6-7-21-43(42)44-22-8-11-27-48(44)55(49-28-15-31-52-53(49)47-24-10-13-30-51(47)57-52)38-34-32-37(33-35-38)40-25-14-26-46-45-23-9-12-29-50(45)56-54(40)46/h1-35H. The lowest BCUT2D eigenvalue weighted by molar-refractivity contribution is 0.670. The van der Waals surface area contributed by atoms with Crippen molar-refractivity contribution < 1.29 is 4.42 Å². The predicted molar refractivity (Wildman–Crippen MR) is 243 cm³/mol. The van der Waals surface area contributed by atoms with Crippen molar-refractivity contribution in [2.24, 2.45) is 0 Å². The van der Waals surface area contributed by atoms with Gasteiger partial charge in [0.05, 0.1) is 11.4 Å². The Hall–Kier alpha value is -7.20. The highest BCUT2D eigenvalue weighted by molar-refractivity contribution is 7.26. The van der Waals surface area contributed by atoms with Gasteiger partial charge in [0.2, 0.25) is 0 Å². The van der Waals surface area contributed by atoms with Gasteiger partial charge in [-0.25, -0.2) is 0 Å².